The Morgan fingerprint density at radius 2 is 2.20 bits per heavy atom. The van der Waals surface area contributed by atoms with Crippen molar-refractivity contribution in [3.8, 4) is 0 Å². The molecule has 1 N–H and O–H groups in total. The number of hydrogen-bond acceptors (Lipinski definition) is 3. The molecule has 1 fully saturated rings. The van der Waals surface area contributed by atoms with E-state index in [9.17, 15) is 4.79 Å². The fraction of sp³-hybridized carbons (Fsp3) is 0.562. The third-order valence-corrected chi connectivity index (χ3v) is 5.63. The Kier molecular flexibility index (Phi) is 3.55. The van der Waals surface area contributed by atoms with Gasteiger partial charge in [-0.25, -0.2) is 0 Å². The molecule has 0 bridgehead atoms. The molecule has 3 nitrogen and oxygen atoms in total. The van der Waals surface area contributed by atoms with Gasteiger partial charge in [0.05, 0.1) is 6.17 Å². The van der Waals surface area contributed by atoms with E-state index in [1.807, 2.05) is 11.9 Å². The van der Waals surface area contributed by atoms with Crippen LogP contribution in [0.15, 0.2) is 23.1 Å². The van der Waals surface area contributed by atoms with Crippen molar-refractivity contribution in [3.63, 3.8) is 0 Å². The second-order valence-electron chi connectivity index (χ2n) is 6.05. The molecule has 1 aromatic carbocycles. The number of thioether (sulfide) groups is 1. The molecule has 20 heavy (non-hydrogen) atoms. The van der Waals surface area contributed by atoms with Crippen LogP contribution in [0.25, 0.3) is 0 Å². The number of likely N-dealkylation sites (tertiary alicyclic amines) is 1. The van der Waals surface area contributed by atoms with Gasteiger partial charge in [-0.1, -0.05) is 13.0 Å². The standard InChI is InChI=1S/C16H22N2OS/c1-16-8-6-14(19)18(2)15(16)17-9-7-11-10-12(20-3)4-5-13(11)16/h4-5,10,15,17H,6-9H2,1-3H3/t15-,16-/m1/s1. The Bertz CT molecular complexity index is 545. The van der Waals surface area contributed by atoms with Crippen molar-refractivity contribution in [2.75, 3.05) is 19.8 Å². The van der Waals surface area contributed by atoms with Gasteiger partial charge in [-0.3, -0.25) is 10.1 Å². The van der Waals surface area contributed by atoms with Crippen molar-refractivity contribution in [3.05, 3.63) is 29.3 Å². The van der Waals surface area contributed by atoms with Gasteiger partial charge in [0.25, 0.3) is 0 Å². The summed E-state index contributed by atoms with van der Waals surface area (Å²) in [6.45, 7) is 3.24. The molecule has 1 amide bonds. The fourth-order valence-electron chi connectivity index (χ4n) is 3.70. The zero-order valence-corrected chi connectivity index (χ0v) is 13.2. The first-order valence-electron chi connectivity index (χ1n) is 7.23. The quantitative estimate of drug-likeness (QED) is 0.806. The summed E-state index contributed by atoms with van der Waals surface area (Å²) in [6.07, 6.45) is 4.85. The van der Waals surface area contributed by atoms with Gasteiger partial charge in [0, 0.05) is 30.3 Å². The van der Waals surface area contributed by atoms with Gasteiger partial charge in [-0.2, -0.15) is 0 Å². The number of carbonyl (C=O) groups excluding carboxylic acids is 1. The minimum absolute atomic E-state index is 0.0193. The molecule has 2 heterocycles. The molecular formula is C16H22N2OS. The highest BCUT2D eigenvalue weighted by atomic mass is 32.2. The van der Waals surface area contributed by atoms with E-state index < -0.39 is 0 Å². The largest absolute Gasteiger partial charge is 0.329 e. The molecule has 2 atom stereocenters. The van der Waals surface area contributed by atoms with Gasteiger partial charge in [-0.15, -0.1) is 11.8 Å². The molecule has 0 aliphatic carbocycles. The second kappa shape index (κ2) is 5.08. The van der Waals surface area contributed by atoms with E-state index in [2.05, 4.69) is 36.7 Å². The Labute approximate surface area is 125 Å². The molecule has 108 valence electrons. The highest BCUT2D eigenvalue weighted by molar-refractivity contribution is 7.98. The summed E-state index contributed by atoms with van der Waals surface area (Å²) in [4.78, 5) is 15.2. The number of nitrogens with one attached hydrogen (secondary N) is 1. The summed E-state index contributed by atoms with van der Waals surface area (Å²) in [5, 5.41) is 3.59. The predicted octanol–water partition coefficient (Wildman–Crippen LogP) is 2.39. The Hall–Kier alpha value is -1.00. The van der Waals surface area contributed by atoms with Gasteiger partial charge in [0.2, 0.25) is 5.91 Å². The number of fused-ring (bicyclic) bond motifs is 3. The van der Waals surface area contributed by atoms with Gasteiger partial charge in [0.1, 0.15) is 0 Å². The highest BCUT2D eigenvalue weighted by Crippen LogP contribution is 2.41. The van der Waals surface area contributed by atoms with E-state index in [1.54, 1.807) is 11.8 Å². The average molecular weight is 290 g/mol. The molecule has 0 spiro atoms. The van der Waals surface area contributed by atoms with Gasteiger partial charge in [-0.05, 0) is 42.4 Å². The molecule has 4 heteroatoms. The van der Waals surface area contributed by atoms with E-state index in [0.717, 1.165) is 19.4 Å². The molecule has 2 aliphatic rings. The summed E-state index contributed by atoms with van der Waals surface area (Å²) in [6, 6.07) is 6.82. The van der Waals surface area contributed by atoms with E-state index >= 15 is 0 Å². The lowest BCUT2D eigenvalue weighted by molar-refractivity contribution is -0.138. The number of carbonyl (C=O) groups is 1. The lowest BCUT2D eigenvalue weighted by atomic mass is 9.71. The maximum Gasteiger partial charge on any atom is 0.223 e. The van der Waals surface area contributed by atoms with Gasteiger partial charge in [0.15, 0.2) is 0 Å². The fourth-order valence-corrected chi connectivity index (χ4v) is 4.16. The minimum Gasteiger partial charge on any atom is -0.329 e. The Morgan fingerprint density at radius 1 is 1.40 bits per heavy atom. The van der Waals surface area contributed by atoms with Crippen LogP contribution in [0.4, 0.5) is 0 Å². The predicted molar refractivity (Wildman–Crippen MR) is 83.1 cm³/mol. The number of rotatable bonds is 1. The van der Waals surface area contributed by atoms with Crippen LogP contribution in [0.5, 0.6) is 0 Å². The number of benzene rings is 1. The van der Waals surface area contributed by atoms with Crippen molar-refractivity contribution in [1.82, 2.24) is 10.2 Å². The Balaban J connectivity index is 2.08. The maximum absolute atomic E-state index is 12.0. The van der Waals surface area contributed by atoms with Crippen LogP contribution in [0.3, 0.4) is 0 Å². The first-order chi connectivity index (χ1) is 9.56. The van der Waals surface area contributed by atoms with Crippen molar-refractivity contribution in [2.24, 2.45) is 0 Å². The molecule has 0 unspecified atom stereocenters. The zero-order chi connectivity index (χ0) is 14.3. The van der Waals surface area contributed by atoms with Gasteiger partial charge >= 0.3 is 0 Å². The summed E-state index contributed by atoms with van der Waals surface area (Å²) in [5.41, 5.74) is 2.88. The van der Waals surface area contributed by atoms with Crippen molar-refractivity contribution >= 4 is 17.7 Å². The summed E-state index contributed by atoms with van der Waals surface area (Å²) >= 11 is 1.79. The zero-order valence-electron chi connectivity index (χ0n) is 12.4. The van der Waals surface area contributed by atoms with Crippen LogP contribution in [0.1, 0.15) is 30.9 Å². The summed E-state index contributed by atoms with van der Waals surface area (Å²) in [7, 11) is 1.93. The van der Waals surface area contributed by atoms with Crippen molar-refractivity contribution < 1.29 is 4.79 Å². The molecule has 3 rings (SSSR count). The second-order valence-corrected chi connectivity index (χ2v) is 6.93. The number of hydrogen-bond donors (Lipinski definition) is 1. The number of likely N-dealkylation sites (N-methyl/N-ethyl adjacent to an activating group) is 1. The molecule has 0 radical (unpaired) electrons. The van der Waals surface area contributed by atoms with Crippen molar-refractivity contribution in [1.29, 1.82) is 0 Å². The van der Waals surface area contributed by atoms with Gasteiger partial charge < -0.3 is 4.90 Å². The molecule has 1 aromatic rings. The summed E-state index contributed by atoms with van der Waals surface area (Å²) in [5.74, 6) is 0.254. The van der Waals surface area contributed by atoms with Crippen LogP contribution in [0.2, 0.25) is 0 Å². The lowest BCUT2D eigenvalue weighted by Gasteiger charge is -2.46. The molecule has 2 aliphatic heterocycles. The number of nitrogens with zero attached hydrogens (tertiary/aromatic N) is 1. The third-order valence-electron chi connectivity index (χ3n) is 4.90. The van der Waals surface area contributed by atoms with E-state index in [1.165, 1.54) is 16.0 Å². The van der Waals surface area contributed by atoms with E-state index in [4.69, 9.17) is 0 Å². The van der Waals surface area contributed by atoms with Crippen LogP contribution in [-0.4, -0.2) is 36.8 Å². The van der Waals surface area contributed by atoms with E-state index in [-0.39, 0.29) is 17.5 Å². The molecule has 0 aromatic heterocycles. The number of piperidine rings is 1. The minimum atomic E-state index is 0.0193. The SMILES string of the molecule is CSc1ccc2c(c1)CCN[C@@H]1N(C)C(=O)CC[C@]21C. The lowest BCUT2D eigenvalue weighted by Crippen LogP contribution is -2.60. The van der Waals surface area contributed by atoms with Crippen molar-refractivity contribution in [2.45, 2.75) is 42.7 Å². The number of amides is 1. The normalized spacial score (nSPS) is 29.6. The van der Waals surface area contributed by atoms with Crippen LogP contribution < -0.4 is 5.32 Å². The monoisotopic (exact) mass is 290 g/mol. The molecule has 0 saturated carbocycles. The van der Waals surface area contributed by atoms with Crippen LogP contribution in [0, 0.1) is 0 Å². The maximum atomic E-state index is 12.0. The smallest absolute Gasteiger partial charge is 0.223 e. The first kappa shape index (κ1) is 14.0. The van der Waals surface area contributed by atoms with Crippen LogP contribution >= 0.6 is 11.8 Å². The average Bonchev–Trinajstić information content (AvgIpc) is 2.60. The molecular weight excluding hydrogens is 268 g/mol. The summed E-state index contributed by atoms with van der Waals surface area (Å²) < 4.78 is 0. The molecule has 1 saturated heterocycles. The van der Waals surface area contributed by atoms with Crippen LogP contribution in [-0.2, 0) is 16.6 Å². The van der Waals surface area contributed by atoms with E-state index in [0.29, 0.717) is 6.42 Å². The topological polar surface area (TPSA) is 32.3 Å². The highest BCUT2D eigenvalue weighted by Gasteiger charge is 2.45. The first-order valence-corrected chi connectivity index (χ1v) is 8.45. The third kappa shape index (κ3) is 2.06. The Morgan fingerprint density at radius 3 is 2.95 bits per heavy atom.